The van der Waals surface area contributed by atoms with Crippen LogP contribution in [0.4, 0.5) is 0 Å². The van der Waals surface area contributed by atoms with Gasteiger partial charge in [0.1, 0.15) is 11.5 Å². The van der Waals surface area contributed by atoms with Gasteiger partial charge in [-0.3, -0.25) is 0 Å². The van der Waals surface area contributed by atoms with Crippen molar-refractivity contribution in [1.29, 1.82) is 0 Å². The van der Waals surface area contributed by atoms with Gasteiger partial charge in [0.25, 0.3) is 0 Å². The summed E-state index contributed by atoms with van der Waals surface area (Å²) < 4.78 is 5.81. The van der Waals surface area contributed by atoms with Crippen LogP contribution in [0.2, 0.25) is 0 Å². The van der Waals surface area contributed by atoms with Crippen molar-refractivity contribution in [2.45, 2.75) is 44.4 Å². The monoisotopic (exact) mass is 263 g/mol. The van der Waals surface area contributed by atoms with Crippen molar-refractivity contribution in [2.75, 3.05) is 6.61 Å². The molecule has 0 amide bonds. The van der Waals surface area contributed by atoms with Crippen LogP contribution in [-0.2, 0) is 4.74 Å². The molecule has 1 aromatic rings. The topological polar surface area (TPSA) is 61.7 Å². The normalized spacial score (nSPS) is 28.5. The van der Waals surface area contributed by atoms with Crippen molar-refractivity contribution in [3.63, 3.8) is 0 Å². The van der Waals surface area contributed by atoms with E-state index in [4.69, 9.17) is 4.74 Å². The molecule has 104 valence electrons. The van der Waals surface area contributed by atoms with Gasteiger partial charge in [-0.15, -0.1) is 0 Å². The molecule has 0 spiro atoms. The minimum absolute atomic E-state index is 0.0888. The second-order valence-corrected chi connectivity index (χ2v) is 5.74. The fraction of sp³-hybridized carbons (Fsp3) is 0.600. The van der Waals surface area contributed by atoms with Crippen molar-refractivity contribution in [2.24, 2.45) is 5.92 Å². The molecule has 1 saturated heterocycles. The number of nitrogens with one attached hydrogen (secondary N) is 1. The van der Waals surface area contributed by atoms with Crippen LogP contribution in [0.15, 0.2) is 18.2 Å². The summed E-state index contributed by atoms with van der Waals surface area (Å²) in [7, 11) is 0. The molecule has 1 heterocycles. The maximum atomic E-state index is 9.54. The first kappa shape index (κ1) is 12.8. The quantitative estimate of drug-likeness (QED) is 0.780. The van der Waals surface area contributed by atoms with Crippen molar-refractivity contribution < 1.29 is 14.9 Å². The summed E-state index contributed by atoms with van der Waals surface area (Å²) in [5.41, 5.74) is 0.902. The number of phenolic OH excluding ortho intramolecular Hbond substituents is 2. The van der Waals surface area contributed by atoms with E-state index in [-0.39, 0.29) is 17.5 Å². The third-order valence-corrected chi connectivity index (χ3v) is 4.11. The fourth-order valence-electron chi connectivity index (χ4n) is 2.96. The zero-order valence-corrected chi connectivity index (χ0v) is 11.2. The maximum Gasteiger partial charge on any atom is 0.119 e. The Hall–Kier alpha value is -1.26. The number of hydrogen-bond donors (Lipinski definition) is 3. The third-order valence-electron chi connectivity index (χ3n) is 4.11. The lowest BCUT2D eigenvalue weighted by Gasteiger charge is -2.24. The van der Waals surface area contributed by atoms with Gasteiger partial charge in [-0.05, 0) is 49.8 Å². The molecule has 3 rings (SSSR count). The number of rotatable bonds is 4. The van der Waals surface area contributed by atoms with Gasteiger partial charge in [0.05, 0.1) is 6.10 Å². The Balaban J connectivity index is 1.68. The molecule has 4 heteroatoms. The summed E-state index contributed by atoms with van der Waals surface area (Å²) in [6.45, 7) is 2.88. The van der Waals surface area contributed by atoms with E-state index in [0.29, 0.717) is 12.1 Å². The zero-order chi connectivity index (χ0) is 13.4. The average Bonchev–Trinajstić information content (AvgIpc) is 3.09. The van der Waals surface area contributed by atoms with Gasteiger partial charge in [-0.2, -0.15) is 0 Å². The first-order valence-corrected chi connectivity index (χ1v) is 7.04. The Morgan fingerprint density at radius 1 is 1.16 bits per heavy atom. The van der Waals surface area contributed by atoms with Crippen LogP contribution in [0.1, 0.15) is 37.8 Å². The third kappa shape index (κ3) is 2.85. The molecule has 1 saturated carbocycles. The standard InChI is InChI=1S/C15H21NO3/c1-9(11-6-12(17)8-13(18)7-11)16-14-4-5-19-15(14)10-2-3-10/h6-10,14-18H,2-5H2,1H3. The smallest absolute Gasteiger partial charge is 0.119 e. The summed E-state index contributed by atoms with van der Waals surface area (Å²) in [5, 5.41) is 22.7. The summed E-state index contributed by atoms with van der Waals surface area (Å²) in [6.07, 6.45) is 3.94. The molecule has 0 radical (unpaired) electrons. The number of aromatic hydroxyl groups is 2. The van der Waals surface area contributed by atoms with Crippen LogP contribution in [0.25, 0.3) is 0 Å². The first-order valence-electron chi connectivity index (χ1n) is 7.04. The van der Waals surface area contributed by atoms with Gasteiger partial charge in [0.15, 0.2) is 0 Å². The van der Waals surface area contributed by atoms with Gasteiger partial charge in [-0.1, -0.05) is 0 Å². The highest BCUT2D eigenvalue weighted by Gasteiger charge is 2.40. The van der Waals surface area contributed by atoms with E-state index in [1.165, 1.54) is 18.9 Å². The van der Waals surface area contributed by atoms with Crippen molar-refractivity contribution in [3.05, 3.63) is 23.8 Å². The van der Waals surface area contributed by atoms with Crippen molar-refractivity contribution in [1.82, 2.24) is 5.32 Å². The molecule has 1 aliphatic heterocycles. The molecule has 0 aromatic heterocycles. The lowest BCUT2D eigenvalue weighted by Crippen LogP contribution is -2.39. The maximum absolute atomic E-state index is 9.54. The van der Waals surface area contributed by atoms with Crippen LogP contribution in [0.5, 0.6) is 11.5 Å². The predicted octanol–water partition coefficient (Wildman–Crippen LogP) is 2.32. The minimum Gasteiger partial charge on any atom is -0.508 e. The highest BCUT2D eigenvalue weighted by atomic mass is 16.5. The highest BCUT2D eigenvalue weighted by molar-refractivity contribution is 5.38. The molecule has 2 aliphatic rings. The summed E-state index contributed by atoms with van der Waals surface area (Å²) in [4.78, 5) is 0. The Morgan fingerprint density at radius 3 is 2.47 bits per heavy atom. The van der Waals surface area contributed by atoms with Crippen LogP contribution in [0, 0.1) is 5.92 Å². The first-order chi connectivity index (χ1) is 9.13. The number of benzene rings is 1. The Kier molecular flexibility index (Phi) is 3.37. The van der Waals surface area contributed by atoms with E-state index in [1.807, 2.05) is 0 Å². The predicted molar refractivity (Wildman–Crippen MR) is 72.2 cm³/mol. The average molecular weight is 263 g/mol. The van der Waals surface area contributed by atoms with Crippen molar-refractivity contribution in [3.8, 4) is 11.5 Å². The molecule has 1 aromatic carbocycles. The SMILES string of the molecule is CC(NC1CCOC1C1CC1)c1cc(O)cc(O)c1. The number of ether oxygens (including phenoxy) is 1. The van der Waals surface area contributed by atoms with E-state index in [0.717, 1.165) is 24.5 Å². The van der Waals surface area contributed by atoms with Gasteiger partial charge in [0.2, 0.25) is 0 Å². The molecule has 1 aliphatic carbocycles. The molecule has 3 N–H and O–H groups in total. The molecule has 19 heavy (non-hydrogen) atoms. The lowest BCUT2D eigenvalue weighted by atomic mass is 10.0. The van der Waals surface area contributed by atoms with E-state index >= 15 is 0 Å². The Bertz CT molecular complexity index is 438. The van der Waals surface area contributed by atoms with Crippen LogP contribution in [-0.4, -0.2) is 29.0 Å². The van der Waals surface area contributed by atoms with Gasteiger partial charge >= 0.3 is 0 Å². The summed E-state index contributed by atoms with van der Waals surface area (Å²) >= 11 is 0. The number of phenols is 2. The second-order valence-electron chi connectivity index (χ2n) is 5.74. The molecule has 0 bridgehead atoms. The Morgan fingerprint density at radius 2 is 1.84 bits per heavy atom. The van der Waals surface area contributed by atoms with E-state index in [9.17, 15) is 10.2 Å². The largest absolute Gasteiger partial charge is 0.508 e. The van der Waals surface area contributed by atoms with Crippen LogP contribution in [0.3, 0.4) is 0 Å². The molecular weight excluding hydrogens is 242 g/mol. The molecule has 2 fully saturated rings. The molecule has 4 nitrogen and oxygen atoms in total. The van der Waals surface area contributed by atoms with E-state index in [2.05, 4.69) is 12.2 Å². The zero-order valence-electron chi connectivity index (χ0n) is 11.2. The van der Waals surface area contributed by atoms with Gasteiger partial charge in [-0.25, -0.2) is 0 Å². The van der Waals surface area contributed by atoms with Gasteiger partial charge < -0.3 is 20.3 Å². The summed E-state index contributed by atoms with van der Waals surface area (Å²) in [5.74, 6) is 0.930. The summed E-state index contributed by atoms with van der Waals surface area (Å²) in [6, 6.07) is 5.21. The van der Waals surface area contributed by atoms with E-state index in [1.54, 1.807) is 12.1 Å². The van der Waals surface area contributed by atoms with E-state index < -0.39 is 0 Å². The lowest BCUT2D eigenvalue weighted by molar-refractivity contribution is 0.0793. The highest BCUT2D eigenvalue weighted by Crippen LogP contribution is 2.39. The van der Waals surface area contributed by atoms with Gasteiger partial charge in [0, 0.05) is 24.8 Å². The van der Waals surface area contributed by atoms with Crippen LogP contribution >= 0.6 is 0 Å². The van der Waals surface area contributed by atoms with Crippen LogP contribution < -0.4 is 5.32 Å². The Labute approximate surface area is 113 Å². The minimum atomic E-state index is 0.0888. The molecular formula is C15H21NO3. The molecule has 3 unspecified atom stereocenters. The number of hydrogen-bond acceptors (Lipinski definition) is 4. The molecule has 3 atom stereocenters. The fourth-order valence-corrected chi connectivity index (χ4v) is 2.96. The van der Waals surface area contributed by atoms with Crippen molar-refractivity contribution >= 4 is 0 Å². The second kappa shape index (κ2) is 5.02.